The maximum atomic E-state index is 2.36. The van der Waals surface area contributed by atoms with Crippen molar-refractivity contribution in [1.29, 1.82) is 0 Å². The van der Waals surface area contributed by atoms with Crippen LogP contribution in [0, 0.1) is 0 Å². The lowest BCUT2D eigenvalue weighted by Crippen LogP contribution is -1.93. The van der Waals surface area contributed by atoms with E-state index in [9.17, 15) is 0 Å². The van der Waals surface area contributed by atoms with Crippen LogP contribution in [0.3, 0.4) is 0 Å². The van der Waals surface area contributed by atoms with E-state index in [1.54, 1.807) is 0 Å². The van der Waals surface area contributed by atoms with Gasteiger partial charge < -0.3 is 0 Å². The Labute approximate surface area is 221 Å². The van der Waals surface area contributed by atoms with Crippen molar-refractivity contribution in [1.82, 2.24) is 0 Å². The van der Waals surface area contributed by atoms with E-state index in [1.165, 1.54) is 76.1 Å². The summed E-state index contributed by atoms with van der Waals surface area (Å²) in [7, 11) is 0. The third-order valence-corrected chi connectivity index (χ3v) is 8.01. The average Bonchev–Trinajstić information content (AvgIpc) is 2.99. The Kier molecular flexibility index (Phi) is 4.62. The fourth-order valence-corrected chi connectivity index (χ4v) is 6.33. The van der Waals surface area contributed by atoms with Gasteiger partial charge in [-0.05, 0) is 82.2 Å². The van der Waals surface area contributed by atoms with Gasteiger partial charge in [0.15, 0.2) is 0 Å². The van der Waals surface area contributed by atoms with Crippen LogP contribution in [-0.4, -0.2) is 0 Å². The highest BCUT2D eigenvalue weighted by molar-refractivity contribution is 6.29. The Morgan fingerprint density at radius 2 is 0.842 bits per heavy atom. The summed E-state index contributed by atoms with van der Waals surface area (Å²) in [4.78, 5) is 0. The SMILES string of the molecule is c1ccc2cc(-c3c4ccccc4c(-c4cccc5ccccc45)c4ccc5ccccc5c34)ccc2c1. The summed E-state index contributed by atoms with van der Waals surface area (Å²) in [6.45, 7) is 0. The minimum atomic E-state index is 1.26. The van der Waals surface area contributed by atoms with Gasteiger partial charge in [0.1, 0.15) is 0 Å². The maximum Gasteiger partial charge on any atom is -0.00141 e. The standard InChI is InChI=1S/C38H24/c1-2-13-28-24-29(21-20-25(28)10-1)36-33-17-7-8-18-34(33)37(32-19-9-14-26-11-3-5-15-30(26)32)35-23-22-27-12-4-6-16-31(27)38(35)36/h1-24H. The van der Waals surface area contributed by atoms with Gasteiger partial charge in [-0.3, -0.25) is 0 Å². The van der Waals surface area contributed by atoms with Crippen LogP contribution in [0.15, 0.2) is 146 Å². The van der Waals surface area contributed by atoms with Gasteiger partial charge in [-0.25, -0.2) is 0 Å². The zero-order chi connectivity index (χ0) is 25.1. The van der Waals surface area contributed by atoms with Gasteiger partial charge in [0, 0.05) is 0 Å². The van der Waals surface area contributed by atoms with Crippen molar-refractivity contribution in [3.8, 4) is 22.3 Å². The van der Waals surface area contributed by atoms with E-state index < -0.39 is 0 Å². The lowest BCUT2D eigenvalue weighted by atomic mass is 9.83. The quantitative estimate of drug-likeness (QED) is 0.170. The van der Waals surface area contributed by atoms with Gasteiger partial charge >= 0.3 is 0 Å². The fraction of sp³-hybridized carbons (Fsp3) is 0. The van der Waals surface area contributed by atoms with Gasteiger partial charge in [-0.1, -0.05) is 140 Å². The molecule has 0 saturated carbocycles. The molecule has 0 aromatic heterocycles. The van der Waals surface area contributed by atoms with Crippen molar-refractivity contribution in [2.45, 2.75) is 0 Å². The minimum absolute atomic E-state index is 1.26. The van der Waals surface area contributed by atoms with Crippen LogP contribution >= 0.6 is 0 Å². The van der Waals surface area contributed by atoms with Gasteiger partial charge in [0.05, 0.1) is 0 Å². The van der Waals surface area contributed by atoms with E-state index in [1.807, 2.05) is 0 Å². The topological polar surface area (TPSA) is 0 Å². The van der Waals surface area contributed by atoms with E-state index in [4.69, 9.17) is 0 Å². The first-order valence-corrected chi connectivity index (χ1v) is 13.2. The summed E-state index contributed by atoms with van der Waals surface area (Å²) in [6.07, 6.45) is 0. The van der Waals surface area contributed by atoms with Crippen molar-refractivity contribution in [3.05, 3.63) is 146 Å². The summed E-state index contributed by atoms with van der Waals surface area (Å²) < 4.78 is 0. The van der Waals surface area contributed by atoms with E-state index in [2.05, 4.69) is 146 Å². The summed E-state index contributed by atoms with van der Waals surface area (Å²) in [6, 6.07) is 53.4. The molecule has 0 aliphatic rings. The van der Waals surface area contributed by atoms with E-state index in [0.29, 0.717) is 0 Å². The van der Waals surface area contributed by atoms with Gasteiger partial charge in [-0.2, -0.15) is 0 Å². The van der Waals surface area contributed by atoms with Gasteiger partial charge in [-0.15, -0.1) is 0 Å². The van der Waals surface area contributed by atoms with Crippen molar-refractivity contribution < 1.29 is 0 Å². The Balaban J connectivity index is 1.62. The predicted molar refractivity (Wildman–Crippen MR) is 165 cm³/mol. The second-order valence-electron chi connectivity index (χ2n) is 10.1. The molecule has 176 valence electrons. The molecule has 8 rings (SSSR count). The zero-order valence-corrected chi connectivity index (χ0v) is 20.9. The van der Waals surface area contributed by atoms with Crippen LogP contribution in [0.2, 0.25) is 0 Å². The molecule has 0 amide bonds. The molecule has 0 fully saturated rings. The monoisotopic (exact) mass is 480 g/mol. The molecule has 0 spiro atoms. The number of hydrogen-bond acceptors (Lipinski definition) is 0. The Morgan fingerprint density at radius 3 is 1.63 bits per heavy atom. The van der Waals surface area contributed by atoms with Crippen LogP contribution < -0.4 is 0 Å². The second kappa shape index (κ2) is 8.30. The van der Waals surface area contributed by atoms with Crippen molar-refractivity contribution in [2.24, 2.45) is 0 Å². The fourth-order valence-electron chi connectivity index (χ4n) is 6.33. The van der Waals surface area contributed by atoms with E-state index >= 15 is 0 Å². The van der Waals surface area contributed by atoms with Crippen LogP contribution in [0.1, 0.15) is 0 Å². The molecule has 0 heterocycles. The van der Waals surface area contributed by atoms with Crippen molar-refractivity contribution >= 4 is 53.9 Å². The van der Waals surface area contributed by atoms with Crippen LogP contribution in [-0.2, 0) is 0 Å². The molecule has 0 nitrogen and oxygen atoms in total. The third kappa shape index (κ3) is 3.11. The minimum Gasteiger partial charge on any atom is -0.0616 e. The summed E-state index contributed by atoms with van der Waals surface area (Å²) >= 11 is 0. The molecular formula is C38H24. The van der Waals surface area contributed by atoms with Crippen LogP contribution in [0.25, 0.3) is 76.1 Å². The molecule has 0 aliphatic heterocycles. The molecule has 0 N–H and O–H groups in total. The third-order valence-electron chi connectivity index (χ3n) is 8.01. The van der Waals surface area contributed by atoms with Gasteiger partial charge in [0.2, 0.25) is 0 Å². The maximum absolute atomic E-state index is 2.36. The molecule has 8 aromatic carbocycles. The Bertz CT molecular complexity index is 2180. The first-order valence-electron chi connectivity index (χ1n) is 13.2. The number of benzene rings is 8. The van der Waals surface area contributed by atoms with Crippen LogP contribution in [0.5, 0.6) is 0 Å². The molecule has 0 saturated heterocycles. The lowest BCUT2D eigenvalue weighted by molar-refractivity contribution is 1.69. The normalized spacial score (nSPS) is 11.7. The summed E-state index contributed by atoms with van der Waals surface area (Å²) in [5, 5.41) is 12.8. The molecular weight excluding hydrogens is 456 g/mol. The summed E-state index contributed by atoms with van der Waals surface area (Å²) in [5.74, 6) is 0. The van der Waals surface area contributed by atoms with Crippen molar-refractivity contribution in [3.63, 3.8) is 0 Å². The smallest absolute Gasteiger partial charge is 0.00141 e. The van der Waals surface area contributed by atoms with E-state index in [-0.39, 0.29) is 0 Å². The Hall–Kier alpha value is -4.94. The number of rotatable bonds is 2. The molecule has 38 heavy (non-hydrogen) atoms. The highest BCUT2D eigenvalue weighted by atomic mass is 14.2. The molecule has 0 heteroatoms. The molecule has 8 aromatic rings. The zero-order valence-electron chi connectivity index (χ0n) is 20.9. The average molecular weight is 481 g/mol. The molecule has 0 bridgehead atoms. The number of fused-ring (bicyclic) bond motifs is 6. The van der Waals surface area contributed by atoms with E-state index in [0.717, 1.165) is 0 Å². The highest BCUT2D eigenvalue weighted by Crippen LogP contribution is 2.47. The molecule has 0 aliphatic carbocycles. The molecule has 0 radical (unpaired) electrons. The largest absolute Gasteiger partial charge is 0.0616 e. The molecule has 0 unspecified atom stereocenters. The lowest BCUT2D eigenvalue weighted by Gasteiger charge is -2.20. The Morgan fingerprint density at radius 1 is 0.289 bits per heavy atom. The van der Waals surface area contributed by atoms with Crippen LogP contribution in [0.4, 0.5) is 0 Å². The highest BCUT2D eigenvalue weighted by Gasteiger charge is 2.19. The van der Waals surface area contributed by atoms with Gasteiger partial charge in [0.25, 0.3) is 0 Å². The number of hydrogen-bond donors (Lipinski definition) is 0. The van der Waals surface area contributed by atoms with Crippen molar-refractivity contribution in [2.75, 3.05) is 0 Å². The summed E-state index contributed by atoms with van der Waals surface area (Å²) in [5.41, 5.74) is 5.15. The first-order chi connectivity index (χ1) is 18.9. The molecule has 0 atom stereocenters. The second-order valence-corrected chi connectivity index (χ2v) is 10.1. The predicted octanol–water partition coefficient (Wildman–Crippen LogP) is 10.8. The first kappa shape index (κ1) is 21.2.